The lowest BCUT2D eigenvalue weighted by Crippen LogP contribution is -2.25. The fourth-order valence-electron chi connectivity index (χ4n) is 2.90. The fourth-order valence-corrected chi connectivity index (χ4v) is 2.90. The first-order valence-corrected chi connectivity index (χ1v) is 9.30. The molecule has 2 N–H and O–H groups in total. The van der Waals surface area contributed by atoms with Crippen molar-refractivity contribution >= 4 is 0 Å². The summed E-state index contributed by atoms with van der Waals surface area (Å²) in [5.41, 5.74) is 2.68. The van der Waals surface area contributed by atoms with E-state index in [1.165, 1.54) is 24.3 Å². The van der Waals surface area contributed by atoms with Gasteiger partial charge in [-0.1, -0.05) is 19.4 Å². The van der Waals surface area contributed by atoms with Crippen LogP contribution in [-0.2, 0) is 18.9 Å². The van der Waals surface area contributed by atoms with Crippen LogP contribution < -0.4 is 15.2 Å². The summed E-state index contributed by atoms with van der Waals surface area (Å²) in [6.45, 7) is 1.33. The second-order valence-corrected chi connectivity index (χ2v) is 6.68. The number of nitriles is 1. The molecule has 0 saturated heterocycles. The zero-order chi connectivity index (χ0) is 23.2. The van der Waals surface area contributed by atoms with Crippen molar-refractivity contribution < 1.29 is 35.8 Å². The van der Waals surface area contributed by atoms with Crippen LogP contribution in [0.25, 0.3) is 0 Å². The third kappa shape index (κ3) is 6.52. The van der Waals surface area contributed by atoms with Crippen molar-refractivity contribution in [1.29, 1.82) is 5.26 Å². The first-order chi connectivity index (χ1) is 14.5. The molecule has 10 heteroatoms. The summed E-state index contributed by atoms with van der Waals surface area (Å²) < 4.78 is 89.9. The largest absolute Gasteiger partial charge is 0.490 e. The number of nitrogens with two attached hydrogens (primary N) is 1. The summed E-state index contributed by atoms with van der Waals surface area (Å²) in [5.74, 6) is -0.187. The molecule has 1 atom stereocenters. The Hall–Kier alpha value is -2.93. The molecule has 168 valence electrons. The van der Waals surface area contributed by atoms with Crippen LogP contribution in [0.15, 0.2) is 36.4 Å². The molecule has 0 aliphatic rings. The van der Waals surface area contributed by atoms with Crippen molar-refractivity contribution in [2.24, 2.45) is 5.73 Å². The van der Waals surface area contributed by atoms with E-state index in [1.54, 1.807) is 0 Å². The molecule has 0 aliphatic heterocycles. The Morgan fingerprint density at radius 3 is 2.13 bits per heavy atom. The van der Waals surface area contributed by atoms with Gasteiger partial charge in [0, 0.05) is 6.54 Å². The Balaban J connectivity index is 2.19. The molecule has 31 heavy (non-hydrogen) atoms. The molecule has 2 aromatic rings. The maximum atomic E-state index is 13.2. The van der Waals surface area contributed by atoms with Gasteiger partial charge >= 0.3 is 12.4 Å². The van der Waals surface area contributed by atoms with Gasteiger partial charge in [-0.15, -0.1) is 0 Å². The molecule has 1 unspecified atom stereocenters. The van der Waals surface area contributed by atoms with Crippen molar-refractivity contribution in [3.05, 3.63) is 58.7 Å². The topological polar surface area (TPSA) is 68.3 Å². The summed E-state index contributed by atoms with van der Waals surface area (Å²) >= 11 is 0. The summed E-state index contributed by atoms with van der Waals surface area (Å²) in [4.78, 5) is 0. The second kappa shape index (κ2) is 9.92. The van der Waals surface area contributed by atoms with Gasteiger partial charge in [-0.2, -0.15) is 31.6 Å². The van der Waals surface area contributed by atoms with Gasteiger partial charge < -0.3 is 15.2 Å². The average molecular weight is 446 g/mol. The molecule has 0 saturated carbocycles. The smallest absolute Gasteiger partial charge is 0.417 e. The summed E-state index contributed by atoms with van der Waals surface area (Å²) in [6.07, 6.45) is -9.09. The number of benzene rings is 2. The van der Waals surface area contributed by atoms with Crippen LogP contribution in [-0.4, -0.2) is 12.7 Å². The van der Waals surface area contributed by atoms with Crippen molar-refractivity contribution in [3.63, 3.8) is 0 Å². The third-order valence-electron chi connectivity index (χ3n) is 4.37. The van der Waals surface area contributed by atoms with E-state index < -0.39 is 35.1 Å². The number of nitrogens with zero attached hydrogens (tertiary/aromatic N) is 1. The quantitative estimate of drug-likeness (QED) is 0.530. The van der Waals surface area contributed by atoms with Crippen LogP contribution in [0, 0.1) is 11.3 Å². The summed E-state index contributed by atoms with van der Waals surface area (Å²) in [7, 11) is 0. The van der Waals surface area contributed by atoms with E-state index in [0.717, 1.165) is 18.2 Å². The number of rotatable bonds is 8. The van der Waals surface area contributed by atoms with Gasteiger partial charge in [-0.3, -0.25) is 0 Å². The van der Waals surface area contributed by atoms with Gasteiger partial charge in [0.05, 0.1) is 22.8 Å². The maximum Gasteiger partial charge on any atom is 0.417 e. The Labute approximate surface area is 175 Å². The molecule has 0 spiro atoms. The van der Waals surface area contributed by atoms with E-state index in [0.29, 0.717) is 12.8 Å². The normalized spacial score (nSPS) is 12.9. The maximum absolute atomic E-state index is 13.2. The monoisotopic (exact) mass is 446 g/mol. The molecule has 0 amide bonds. The molecule has 0 bridgehead atoms. The number of halogens is 6. The SMILES string of the molecule is CCCC(COc1ccc(CN)c(C(F)(F)F)c1)Oc1ccc(C#N)c(C(F)(F)F)c1. The van der Waals surface area contributed by atoms with Crippen LogP contribution >= 0.6 is 0 Å². The van der Waals surface area contributed by atoms with Crippen LogP contribution in [0.3, 0.4) is 0 Å². The van der Waals surface area contributed by atoms with E-state index in [4.69, 9.17) is 20.5 Å². The molecule has 4 nitrogen and oxygen atoms in total. The van der Waals surface area contributed by atoms with Crippen LogP contribution in [0.1, 0.15) is 42.0 Å². The number of alkyl halides is 6. The third-order valence-corrected chi connectivity index (χ3v) is 4.37. The minimum absolute atomic E-state index is 0.0648. The number of hydrogen-bond donors (Lipinski definition) is 1. The highest BCUT2D eigenvalue weighted by molar-refractivity contribution is 5.44. The lowest BCUT2D eigenvalue weighted by molar-refractivity contribution is -0.139. The van der Waals surface area contributed by atoms with Crippen LogP contribution in [0.5, 0.6) is 11.5 Å². The predicted octanol–water partition coefficient (Wildman–Crippen LogP) is 5.68. The molecule has 0 aliphatic carbocycles. The summed E-state index contributed by atoms with van der Waals surface area (Å²) in [6, 6.07) is 7.81. The molecule has 0 heterocycles. The highest BCUT2D eigenvalue weighted by atomic mass is 19.4. The first-order valence-electron chi connectivity index (χ1n) is 9.30. The standard InChI is InChI=1S/C21H20F6N2O2/c1-2-3-17(31-16-7-5-14(11-29)19(9-16)21(25,26)27)12-30-15-6-4-13(10-28)18(8-15)20(22,23)24/h4-9,17H,2-3,10,12,28H2,1H3. The van der Waals surface area contributed by atoms with Crippen molar-refractivity contribution in [1.82, 2.24) is 0 Å². The van der Waals surface area contributed by atoms with E-state index in [2.05, 4.69) is 0 Å². The van der Waals surface area contributed by atoms with Gasteiger partial charge in [-0.25, -0.2) is 0 Å². The van der Waals surface area contributed by atoms with E-state index in [1.807, 2.05) is 6.92 Å². The number of ether oxygens (including phenoxy) is 2. The minimum Gasteiger partial charge on any atom is -0.490 e. The lowest BCUT2D eigenvalue weighted by Gasteiger charge is -2.21. The van der Waals surface area contributed by atoms with Crippen LogP contribution in [0.2, 0.25) is 0 Å². The first kappa shape index (κ1) is 24.3. The van der Waals surface area contributed by atoms with E-state index >= 15 is 0 Å². The average Bonchev–Trinajstić information content (AvgIpc) is 2.70. The highest BCUT2D eigenvalue weighted by Gasteiger charge is 2.35. The van der Waals surface area contributed by atoms with Crippen molar-refractivity contribution in [2.75, 3.05) is 6.61 Å². The Kier molecular flexibility index (Phi) is 7.79. The molecular formula is C21H20F6N2O2. The molecule has 0 aromatic heterocycles. The summed E-state index contributed by atoms with van der Waals surface area (Å²) in [5, 5.41) is 8.87. The van der Waals surface area contributed by atoms with Crippen molar-refractivity contribution in [3.8, 4) is 17.6 Å². The molecule has 2 rings (SSSR count). The van der Waals surface area contributed by atoms with Gasteiger partial charge in [-0.05, 0) is 42.3 Å². The number of hydrogen-bond acceptors (Lipinski definition) is 4. The van der Waals surface area contributed by atoms with Gasteiger partial charge in [0.15, 0.2) is 0 Å². The van der Waals surface area contributed by atoms with E-state index in [-0.39, 0.29) is 30.2 Å². The van der Waals surface area contributed by atoms with Gasteiger partial charge in [0.1, 0.15) is 24.2 Å². The zero-order valence-corrected chi connectivity index (χ0v) is 16.5. The highest BCUT2D eigenvalue weighted by Crippen LogP contribution is 2.36. The van der Waals surface area contributed by atoms with Gasteiger partial charge in [0.25, 0.3) is 0 Å². The van der Waals surface area contributed by atoms with E-state index in [9.17, 15) is 26.3 Å². The van der Waals surface area contributed by atoms with Crippen LogP contribution in [0.4, 0.5) is 26.3 Å². The van der Waals surface area contributed by atoms with Crippen molar-refractivity contribution in [2.45, 2.75) is 44.8 Å². The Bertz CT molecular complexity index is 935. The minimum atomic E-state index is -4.74. The molecule has 0 fully saturated rings. The molecule has 2 aromatic carbocycles. The fraction of sp³-hybridized carbons (Fsp3) is 0.381. The molecular weight excluding hydrogens is 426 g/mol. The zero-order valence-electron chi connectivity index (χ0n) is 16.5. The molecule has 0 radical (unpaired) electrons. The lowest BCUT2D eigenvalue weighted by atomic mass is 10.1. The Morgan fingerprint density at radius 2 is 1.58 bits per heavy atom. The second-order valence-electron chi connectivity index (χ2n) is 6.68. The predicted molar refractivity (Wildman–Crippen MR) is 100 cm³/mol. The Morgan fingerprint density at radius 1 is 0.968 bits per heavy atom. The van der Waals surface area contributed by atoms with Gasteiger partial charge in [0.2, 0.25) is 0 Å².